The number of nitrogens with zero attached hydrogens (tertiary/aromatic N) is 2. The van der Waals surface area contributed by atoms with Gasteiger partial charge in [0.25, 0.3) is 0 Å². The third-order valence-electron chi connectivity index (χ3n) is 2.89. The Hall–Kier alpha value is -1.98. The van der Waals surface area contributed by atoms with Gasteiger partial charge in [-0.25, -0.2) is 4.98 Å². The minimum atomic E-state index is 0.364. The summed E-state index contributed by atoms with van der Waals surface area (Å²) in [6.07, 6.45) is 3.37. The number of halogens is 1. The van der Waals surface area contributed by atoms with Gasteiger partial charge in [-0.05, 0) is 34.1 Å². The van der Waals surface area contributed by atoms with E-state index in [4.69, 9.17) is 10.5 Å². The SMILES string of the molecule is NCc1cc(Br)cnc1Oc1cnc2ccccc2c1. The van der Waals surface area contributed by atoms with Gasteiger partial charge >= 0.3 is 0 Å². The molecular formula is C15H12BrN3O. The van der Waals surface area contributed by atoms with Crippen molar-refractivity contribution in [3.8, 4) is 11.6 Å². The number of hydrogen-bond acceptors (Lipinski definition) is 4. The van der Waals surface area contributed by atoms with Crippen LogP contribution in [0.3, 0.4) is 0 Å². The van der Waals surface area contributed by atoms with Crippen LogP contribution in [0.15, 0.2) is 53.3 Å². The monoisotopic (exact) mass is 329 g/mol. The van der Waals surface area contributed by atoms with Crippen LogP contribution in [0.4, 0.5) is 0 Å². The molecule has 0 bridgehead atoms. The molecule has 100 valence electrons. The number of hydrogen-bond donors (Lipinski definition) is 1. The van der Waals surface area contributed by atoms with Gasteiger partial charge in [0, 0.05) is 28.2 Å². The summed E-state index contributed by atoms with van der Waals surface area (Å²) >= 11 is 3.37. The molecule has 0 aliphatic heterocycles. The first-order valence-electron chi connectivity index (χ1n) is 6.13. The van der Waals surface area contributed by atoms with Crippen LogP contribution in [0.5, 0.6) is 11.6 Å². The van der Waals surface area contributed by atoms with Crippen molar-refractivity contribution in [1.29, 1.82) is 0 Å². The van der Waals surface area contributed by atoms with Crippen LogP contribution in [0, 0.1) is 0 Å². The molecule has 0 aliphatic rings. The Bertz CT molecular complexity index is 761. The van der Waals surface area contributed by atoms with E-state index in [0.29, 0.717) is 18.2 Å². The fourth-order valence-corrected chi connectivity index (χ4v) is 2.30. The lowest BCUT2D eigenvalue weighted by atomic mass is 10.2. The molecule has 0 amide bonds. The van der Waals surface area contributed by atoms with Crippen LogP contribution in [-0.4, -0.2) is 9.97 Å². The molecule has 3 rings (SSSR count). The molecule has 0 saturated heterocycles. The minimum absolute atomic E-state index is 0.364. The fraction of sp³-hybridized carbons (Fsp3) is 0.0667. The van der Waals surface area contributed by atoms with Crippen LogP contribution >= 0.6 is 15.9 Å². The Morgan fingerprint density at radius 2 is 1.95 bits per heavy atom. The molecular weight excluding hydrogens is 318 g/mol. The maximum atomic E-state index is 5.79. The fourth-order valence-electron chi connectivity index (χ4n) is 1.93. The molecule has 0 radical (unpaired) electrons. The Balaban J connectivity index is 1.96. The molecule has 0 aliphatic carbocycles. The van der Waals surface area contributed by atoms with Gasteiger partial charge in [-0.15, -0.1) is 0 Å². The van der Waals surface area contributed by atoms with Crippen molar-refractivity contribution in [3.05, 3.63) is 58.8 Å². The Morgan fingerprint density at radius 3 is 2.80 bits per heavy atom. The first kappa shape index (κ1) is 13.0. The van der Waals surface area contributed by atoms with Crippen molar-refractivity contribution >= 4 is 26.8 Å². The number of ether oxygens (including phenoxy) is 1. The van der Waals surface area contributed by atoms with E-state index in [-0.39, 0.29) is 0 Å². The lowest BCUT2D eigenvalue weighted by Gasteiger charge is -2.09. The van der Waals surface area contributed by atoms with Crippen molar-refractivity contribution < 1.29 is 4.74 Å². The molecule has 5 heteroatoms. The minimum Gasteiger partial charge on any atom is -0.437 e. The number of para-hydroxylation sites is 1. The lowest BCUT2D eigenvalue weighted by Crippen LogP contribution is -2.01. The zero-order valence-corrected chi connectivity index (χ0v) is 12.2. The molecule has 0 atom stereocenters. The zero-order chi connectivity index (χ0) is 13.9. The van der Waals surface area contributed by atoms with E-state index in [2.05, 4.69) is 25.9 Å². The maximum Gasteiger partial charge on any atom is 0.223 e. The van der Waals surface area contributed by atoms with Crippen LogP contribution in [-0.2, 0) is 6.54 Å². The highest BCUT2D eigenvalue weighted by Gasteiger charge is 2.07. The van der Waals surface area contributed by atoms with Gasteiger partial charge in [-0.2, -0.15) is 0 Å². The maximum absolute atomic E-state index is 5.79. The Morgan fingerprint density at radius 1 is 1.10 bits per heavy atom. The number of aromatic nitrogens is 2. The highest BCUT2D eigenvalue weighted by atomic mass is 79.9. The summed E-state index contributed by atoms with van der Waals surface area (Å²) in [5.74, 6) is 1.15. The largest absolute Gasteiger partial charge is 0.437 e. The summed E-state index contributed by atoms with van der Waals surface area (Å²) in [5, 5.41) is 1.02. The number of fused-ring (bicyclic) bond motifs is 1. The molecule has 2 aromatic heterocycles. The first-order valence-corrected chi connectivity index (χ1v) is 6.93. The summed E-state index contributed by atoms with van der Waals surface area (Å²) in [6.45, 7) is 0.364. The van der Waals surface area contributed by atoms with Crippen LogP contribution < -0.4 is 10.5 Å². The van der Waals surface area contributed by atoms with Gasteiger partial charge in [-0.3, -0.25) is 4.98 Å². The number of rotatable bonds is 3. The zero-order valence-electron chi connectivity index (χ0n) is 10.6. The van der Waals surface area contributed by atoms with E-state index in [9.17, 15) is 0 Å². The molecule has 0 fully saturated rings. The van der Waals surface area contributed by atoms with Crippen molar-refractivity contribution in [1.82, 2.24) is 9.97 Å². The normalized spacial score (nSPS) is 10.7. The quantitative estimate of drug-likeness (QED) is 0.796. The molecule has 0 unspecified atom stereocenters. The number of nitrogens with two attached hydrogens (primary N) is 1. The van der Waals surface area contributed by atoms with Gasteiger partial charge in [0.1, 0.15) is 5.75 Å². The van der Waals surface area contributed by atoms with Gasteiger partial charge in [-0.1, -0.05) is 18.2 Å². The first-order chi connectivity index (χ1) is 9.76. The highest BCUT2D eigenvalue weighted by Crippen LogP contribution is 2.26. The van der Waals surface area contributed by atoms with Crippen LogP contribution in [0.2, 0.25) is 0 Å². The van der Waals surface area contributed by atoms with Crippen molar-refractivity contribution in [2.75, 3.05) is 0 Å². The van der Waals surface area contributed by atoms with Crippen molar-refractivity contribution in [2.45, 2.75) is 6.54 Å². The summed E-state index contributed by atoms with van der Waals surface area (Å²) in [7, 11) is 0. The summed E-state index contributed by atoms with van der Waals surface area (Å²) in [6, 6.07) is 11.7. The number of pyridine rings is 2. The second-order valence-electron chi connectivity index (χ2n) is 4.29. The second-order valence-corrected chi connectivity index (χ2v) is 5.20. The van der Waals surface area contributed by atoms with E-state index in [1.807, 2.05) is 36.4 Å². The molecule has 0 saturated carbocycles. The predicted molar refractivity (Wildman–Crippen MR) is 81.6 cm³/mol. The average molecular weight is 330 g/mol. The van der Waals surface area contributed by atoms with Crippen molar-refractivity contribution in [3.63, 3.8) is 0 Å². The Labute approximate surface area is 124 Å². The summed E-state index contributed by atoms with van der Waals surface area (Å²) in [5.41, 5.74) is 7.48. The molecule has 2 heterocycles. The van der Waals surface area contributed by atoms with Gasteiger partial charge in [0.2, 0.25) is 5.88 Å². The van der Waals surface area contributed by atoms with Crippen LogP contribution in [0.25, 0.3) is 10.9 Å². The predicted octanol–water partition coefficient (Wildman–Crippen LogP) is 3.64. The highest BCUT2D eigenvalue weighted by molar-refractivity contribution is 9.10. The number of benzene rings is 1. The molecule has 4 nitrogen and oxygen atoms in total. The van der Waals surface area contributed by atoms with Crippen molar-refractivity contribution in [2.24, 2.45) is 5.73 Å². The summed E-state index contributed by atoms with van der Waals surface area (Å²) in [4.78, 5) is 8.60. The molecule has 3 aromatic rings. The third-order valence-corrected chi connectivity index (χ3v) is 3.33. The van der Waals surface area contributed by atoms with Gasteiger partial charge < -0.3 is 10.5 Å². The van der Waals surface area contributed by atoms with E-state index in [1.54, 1.807) is 12.4 Å². The topological polar surface area (TPSA) is 61.0 Å². The van der Waals surface area contributed by atoms with E-state index < -0.39 is 0 Å². The van der Waals surface area contributed by atoms with E-state index in [0.717, 1.165) is 20.9 Å². The third kappa shape index (κ3) is 2.64. The standard InChI is InChI=1S/C15H12BrN3O/c16-12-5-11(7-17)15(19-8-12)20-13-6-10-3-1-2-4-14(10)18-9-13/h1-6,8-9H,7,17H2. The summed E-state index contributed by atoms with van der Waals surface area (Å²) < 4.78 is 6.67. The Kier molecular flexibility index (Phi) is 3.62. The van der Waals surface area contributed by atoms with E-state index >= 15 is 0 Å². The smallest absolute Gasteiger partial charge is 0.223 e. The molecule has 1 aromatic carbocycles. The van der Waals surface area contributed by atoms with Gasteiger partial charge in [0.15, 0.2) is 0 Å². The van der Waals surface area contributed by atoms with Crippen LogP contribution in [0.1, 0.15) is 5.56 Å². The molecule has 0 spiro atoms. The molecule has 20 heavy (non-hydrogen) atoms. The second kappa shape index (κ2) is 5.56. The lowest BCUT2D eigenvalue weighted by molar-refractivity contribution is 0.455. The molecule has 2 N–H and O–H groups in total. The van der Waals surface area contributed by atoms with Gasteiger partial charge in [0.05, 0.1) is 11.7 Å². The average Bonchev–Trinajstić information content (AvgIpc) is 2.49. The van der Waals surface area contributed by atoms with E-state index in [1.165, 1.54) is 0 Å².